The second kappa shape index (κ2) is 6.24. The monoisotopic (exact) mass is 292 g/mol. The van der Waals surface area contributed by atoms with Crippen molar-refractivity contribution in [2.75, 3.05) is 18.9 Å². The van der Waals surface area contributed by atoms with Crippen LogP contribution in [0.4, 0.5) is 10.5 Å². The lowest BCUT2D eigenvalue weighted by molar-refractivity contribution is 0.0188. The van der Waals surface area contributed by atoms with E-state index >= 15 is 0 Å². The summed E-state index contributed by atoms with van der Waals surface area (Å²) in [5.41, 5.74) is 5.99. The zero-order valence-corrected chi connectivity index (χ0v) is 13.0. The highest BCUT2D eigenvalue weighted by molar-refractivity contribution is 5.69. The topological polar surface area (TPSA) is 64.8 Å². The number of para-hydroxylation sites is 2. The summed E-state index contributed by atoms with van der Waals surface area (Å²) in [5, 5.41) is 0. The fourth-order valence-electron chi connectivity index (χ4n) is 2.37. The minimum absolute atomic E-state index is 0.0412. The lowest BCUT2D eigenvalue weighted by atomic mass is 10.2. The van der Waals surface area contributed by atoms with Crippen LogP contribution in [0, 0.1) is 0 Å². The molecule has 1 atom stereocenters. The van der Waals surface area contributed by atoms with Gasteiger partial charge in [0.15, 0.2) is 0 Å². The molecule has 1 aromatic rings. The van der Waals surface area contributed by atoms with Crippen molar-refractivity contribution < 1.29 is 14.3 Å². The van der Waals surface area contributed by atoms with E-state index in [1.807, 2.05) is 39.0 Å². The Morgan fingerprint density at radius 3 is 2.76 bits per heavy atom. The number of amides is 1. The van der Waals surface area contributed by atoms with Crippen LogP contribution in [0.2, 0.25) is 0 Å². The number of hydrogen-bond donors (Lipinski definition) is 1. The molecule has 0 spiro atoms. The summed E-state index contributed by atoms with van der Waals surface area (Å²) in [6.45, 7) is 6.77. The first-order valence-electron chi connectivity index (χ1n) is 7.34. The standard InChI is InChI=1S/C16H24N2O3/c1-16(2,3)21-15(19)18-10-6-7-12(18)11-20-14-9-5-4-8-13(14)17/h4-5,8-9,12H,6-7,10-11,17H2,1-3H3/t12-/m1/s1. The third-order valence-electron chi connectivity index (χ3n) is 3.36. The van der Waals surface area contributed by atoms with E-state index in [1.54, 1.807) is 11.0 Å². The number of likely N-dealkylation sites (tertiary alicyclic amines) is 1. The van der Waals surface area contributed by atoms with Gasteiger partial charge in [-0.15, -0.1) is 0 Å². The van der Waals surface area contributed by atoms with E-state index in [1.165, 1.54) is 0 Å². The van der Waals surface area contributed by atoms with Gasteiger partial charge in [0.2, 0.25) is 0 Å². The number of anilines is 1. The van der Waals surface area contributed by atoms with E-state index in [0.717, 1.165) is 12.8 Å². The summed E-state index contributed by atoms with van der Waals surface area (Å²) in [4.78, 5) is 13.9. The molecule has 0 radical (unpaired) electrons. The van der Waals surface area contributed by atoms with Gasteiger partial charge >= 0.3 is 6.09 Å². The van der Waals surface area contributed by atoms with Gasteiger partial charge in [0, 0.05) is 6.54 Å². The fourth-order valence-corrected chi connectivity index (χ4v) is 2.37. The molecule has 0 aliphatic carbocycles. The van der Waals surface area contributed by atoms with Crippen LogP contribution < -0.4 is 10.5 Å². The first kappa shape index (κ1) is 15.5. The van der Waals surface area contributed by atoms with Crippen molar-refractivity contribution in [3.8, 4) is 5.75 Å². The summed E-state index contributed by atoms with van der Waals surface area (Å²) < 4.78 is 11.2. The van der Waals surface area contributed by atoms with E-state index in [9.17, 15) is 4.79 Å². The maximum Gasteiger partial charge on any atom is 0.410 e. The normalized spacial score (nSPS) is 18.6. The van der Waals surface area contributed by atoms with Crippen molar-refractivity contribution in [1.82, 2.24) is 4.90 Å². The molecule has 0 unspecified atom stereocenters. The summed E-state index contributed by atoms with van der Waals surface area (Å²) in [6, 6.07) is 7.42. The number of nitrogens with two attached hydrogens (primary N) is 1. The first-order chi connectivity index (χ1) is 9.87. The molecule has 5 heteroatoms. The highest BCUT2D eigenvalue weighted by atomic mass is 16.6. The lowest BCUT2D eigenvalue weighted by Gasteiger charge is -2.28. The van der Waals surface area contributed by atoms with Crippen LogP contribution in [0.1, 0.15) is 33.6 Å². The molecule has 1 aromatic carbocycles. The Bertz CT molecular complexity index is 497. The van der Waals surface area contributed by atoms with Gasteiger partial charge in [-0.25, -0.2) is 4.79 Å². The Morgan fingerprint density at radius 1 is 1.38 bits per heavy atom. The van der Waals surface area contributed by atoms with Crippen LogP contribution in [-0.4, -0.2) is 35.8 Å². The molecule has 1 fully saturated rings. The maximum atomic E-state index is 12.2. The number of benzene rings is 1. The van der Waals surface area contributed by atoms with E-state index in [0.29, 0.717) is 24.6 Å². The van der Waals surface area contributed by atoms with Gasteiger partial charge in [0.1, 0.15) is 18.0 Å². The molecule has 1 heterocycles. The summed E-state index contributed by atoms with van der Waals surface area (Å²) >= 11 is 0. The first-order valence-corrected chi connectivity index (χ1v) is 7.34. The number of nitrogens with zero attached hydrogens (tertiary/aromatic N) is 1. The van der Waals surface area contributed by atoms with Crippen LogP contribution in [0.5, 0.6) is 5.75 Å². The van der Waals surface area contributed by atoms with Crippen molar-refractivity contribution in [2.45, 2.75) is 45.3 Å². The van der Waals surface area contributed by atoms with Gasteiger partial charge < -0.3 is 20.1 Å². The highest BCUT2D eigenvalue weighted by Gasteiger charge is 2.32. The Morgan fingerprint density at radius 2 is 2.10 bits per heavy atom. The van der Waals surface area contributed by atoms with Gasteiger partial charge in [-0.2, -0.15) is 0 Å². The SMILES string of the molecule is CC(C)(C)OC(=O)N1CCC[C@@H]1COc1ccccc1N. The molecule has 5 nitrogen and oxygen atoms in total. The highest BCUT2D eigenvalue weighted by Crippen LogP contribution is 2.24. The Balaban J connectivity index is 1.93. The molecular formula is C16H24N2O3. The summed E-state index contributed by atoms with van der Waals surface area (Å²) in [5.74, 6) is 0.661. The zero-order valence-electron chi connectivity index (χ0n) is 13.0. The van der Waals surface area contributed by atoms with Crippen molar-refractivity contribution in [1.29, 1.82) is 0 Å². The average molecular weight is 292 g/mol. The van der Waals surface area contributed by atoms with Crippen LogP contribution >= 0.6 is 0 Å². The number of rotatable bonds is 3. The van der Waals surface area contributed by atoms with Crippen molar-refractivity contribution in [2.24, 2.45) is 0 Å². The second-order valence-corrected chi connectivity index (χ2v) is 6.32. The Kier molecular flexibility index (Phi) is 4.60. The average Bonchev–Trinajstić information content (AvgIpc) is 2.84. The summed E-state index contributed by atoms with van der Waals surface area (Å²) in [6.07, 6.45) is 1.62. The molecule has 1 aliphatic heterocycles. The second-order valence-electron chi connectivity index (χ2n) is 6.32. The molecular weight excluding hydrogens is 268 g/mol. The number of hydrogen-bond acceptors (Lipinski definition) is 4. The van der Waals surface area contributed by atoms with Crippen LogP contribution in [0.15, 0.2) is 24.3 Å². The fraction of sp³-hybridized carbons (Fsp3) is 0.562. The molecule has 2 N–H and O–H groups in total. The minimum atomic E-state index is -0.477. The smallest absolute Gasteiger partial charge is 0.410 e. The van der Waals surface area contributed by atoms with Gasteiger partial charge in [-0.3, -0.25) is 0 Å². The van der Waals surface area contributed by atoms with Crippen LogP contribution in [0.25, 0.3) is 0 Å². The predicted octanol–water partition coefficient (Wildman–Crippen LogP) is 3.05. The molecule has 116 valence electrons. The molecule has 2 rings (SSSR count). The van der Waals surface area contributed by atoms with Crippen molar-refractivity contribution >= 4 is 11.8 Å². The molecule has 1 amide bonds. The van der Waals surface area contributed by atoms with Crippen molar-refractivity contribution in [3.63, 3.8) is 0 Å². The van der Waals surface area contributed by atoms with E-state index in [4.69, 9.17) is 15.2 Å². The lowest BCUT2D eigenvalue weighted by Crippen LogP contribution is -2.42. The molecule has 1 saturated heterocycles. The van der Waals surface area contributed by atoms with Crippen LogP contribution in [0.3, 0.4) is 0 Å². The van der Waals surface area contributed by atoms with E-state index in [-0.39, 0.29) is 12.1 Å². The van der Waals surface area contributed by atoms with Gasteiger partial charge in [0.05, 0.1) is 11.7 Å². The largest absolute Gasteiger partial charge is 0.489 e. The number of carbonyl (C=O) groups excluding carboxylic acids is 1. The molecule has 0 saturated carbocycles. The molecule has 0 bridgehead atoms. The van der Waals surface area contributed by atoms with E-state index < -0.39 is 5.60 Å². The zero-order chi connectivity index (χ0) is 15.5. The molecule has 0 aromatic heterocycles. The maximum absolute atomic E-state index is 12.2. The summed E-state index contributed by atoms with van der Waals surface area (Å²) in [7, 11) is 0. The quantitative estimate of drug-likeness (QED) is 0.870. The minimum Gasteiger partial charge on any atom is -0.489 e. The Hall–Kier alpha value is -1.91. The molecule has 1 aliphatic rings. The number of nitrogen functional groups attached to an aromatic ring is 1. The van der Waals surface area contributed by atoms with Crippen LogP contribution in [-0.2, 0) is 4.74 Å². The van der Waals surface area contributed by atoms with Gasteiger partial charge in [0.25, 0.3) is 0 Å². The predicted molar refractivity (Wildman–Crippen MR) is 82.3 cm³/mol. The molecule has 21 heavy (non-hydrogen) atoms. The number of carbonyl (C=O) groups is 1. The van der Waals surface area contributed by atoms with Crippen molar-refractivity contribution in [3.05, 3.63) is 24.3 Å². The van der Waals surface area contributed by atoms with Gasteiger partial charge in [-0.1, -0.05) is 12.1 Å². The third-order valence-corrected chi connectivity index (χ3v) is 3.36. The number of ether oxygens (including phenoxy) is 2. The Labute approximate surface area is 126 Å². The third kappa shape index (κ3) is 4.28. The van der Waals surface area contributed by atoms with Gasteiger partial charge in [-0.05, 0) is 45.7 Å². The van der Waals surface area contributed by atoms with E-state index in [2.05, 4.69) is 0 Å².